The predicted octanol–water partition coefficient (Wildman–Crippen LogP) is 3.62. The van der Waals surface area contributed by atoms with E-state index in [1.54, 1.807) is 24.3 Å². The molecule has 1 fully saturated rings. The van der Waals surface area contributed by atoms with Gasteiger partial charge in [0, 0.05) is 36.8 Å². The van der Waals surface area contributed by atoms with E-state index in [0.29, 0.717) is 30.3 Å². The Hall–Kier alpha value is -4.12. The third-order valence-corrected chi connectivity index (χ3v) is 6.23. The summed E-state index contributed by atoms with van der Waals surface area (Å²) < 4.78 is 7.67. The summed E-state index contributed by atoms with van der Waals surface area (Å²) in [5, 5.41) is 21.7. The van der Waals surface area contributed by atoms with Gasteiger partial charge in [-0.05, 0) is 48.6 Å². The van der Waals surface area contributed by atoms with E-state index < -0.39 is 0 Å². The van der Waals surface area contributed by atoms with Crippen LogP contribution in [-0.4, -0.2) is 50.5 Å². The molecule has 8 heteroatoms. The number of likely N-dealkylation sites (tertiary alicyclic amines) is 1. The summed E-state index contributed by atoms with van der Waals surface area (Å²) in [6.07, 6.45) is 7.46. The monoisotopic (exact) mass is 440 g/mol. The molecule has 0 unspecified atom stereocenters. The van der Waals surface area contributed by atoms with E-state index in [1.807, 2.05) is 23.5 Å². The number of fused-ring (bicyclic) bond motifs is 1. The number of piperidine rings is 1. The van der Waals surface area contributed by atoms with E-state index in [1.165, 1.54) is 0 Å². The van der Waals surface area contributed by atoms with Gasteiger partial charge in [-0.25, -0.2) is 0 Å². The summed E-state index contributed by atoms with van der Waals surface area (Å²) in [6.45, 7) is 2.20. The number of carbonyl (C=O) groups excluding carboxylic acids is 1. The molecule has 0 saturated carbocycles. The third-order valence-electron chi connectivity index (χ3n) is 6.23. The number of benzene rings is 2. The van der Waals surface area contributed by atoms with Gasteiger partial charge in [0.25, 0.3) is 5.91 Å². The second-order valence-corrected chi connectivity index (χ2v) is 8.31. The van der Waals surface area contributed by atoms with Crippen molar-refractivity contribution in [1.82, 2.24) is 24.9 Å². The summed E-state index contributed by atoms with van der Waals surface area (Å²) in [7, 11) is 0. The Morgan fingerprint density at radius 3 is 2.79 bits per heavy atom. The Morgan fingerprint density at radius 2 is 2.00 bits per heavy atom. The SMILES string of the molecule is N#Cc1ccccc1OCC(=O)N1CCC(Cn2ncc3cc(-c4cn[nH]c4)ccc32)CC1. The van der Waals surface area contributed by atoms with Crippen LogP contribution in [0.2, 0.25) is 0 Å². The Labute approximate surface area is 191 Å². The predicted molar refractivity (Wildman–Crippen MR) is 123 cm³/mol. The number of ether oxygens (including phenoxy) is 1. The highest BCUT2D eigenvalue weighted by Gasteiger charge is 2.24. The van der Waals surface area contributed by atoms with Gasteiger partial charge in [0.05, 0.1) is 23.5 Å². The fourth-order valence-electron chi connectivity index (χ4n) is 4.35. The van der Waals surface area contributed by atoms with Gasteiger partial charge in [0.2, 0.25) is 0 Å². The average Bonchev–Trinajstić information content (AvgIpc) is 3.53. The molecule has 0 atom stereocenters. The van der Waals surface area contributed by atoms with Crippen LogP contribution in [0.5, 0.6) is 5.75 Å². The van der Waals surface area contributed by atoms with Crippen molar-refractivity contribution in [2.75, 3.05) is 19.7 Å². The van der Waals surface area contributed by atoms with E-state index in [9.17, 15) is 4.79 Å². The van der Waals surface area contributed by atoms with E-state index in [4.69, 9.17) is 10.00 Å². The quantitative estimate of drug-likeness (QED) is 0.494. The summed E-state index contributed by atoms with van der Waals surface area (Å²) in [6, 6.07) is 15.4. The molecule has 0 bridgehead atoms. The molecule has 8 nitrogen and oxygen atoms in total. The van der Waals surface area contributed by atoms with Crippen molar-refractivity contribution in [2.45, 2.75) is 19.4 Å². The van der Waals surface area contributed by atoms with E-state index in [2.05, 4.69) is 44.2 Å². The number of para-hydroxylation sites is 1. The molecular formula is C25H24N6O2. The molecule has 1 aliphatic rings. The smallest absolute Gasteiger partial charge is 0.260 e. The van der Waals surface area contributed by atoms with Crippen molar-refractivity contribution < 1.29 is 9.53 Å². The lowest BCUT2D eigenvalue weighted by Gasteiger charge is -2.32. The van der Waals surface area contributed by atoms with Crippen LogP contribution in [0.15, 0.2) is 61.1 Å². The zero-order valence-electron chi connectivity index (χ0n) is 18.1. The molecule has 3 heterocycles. The molecule has 1 saturated heterocycles. The molecule has 1 N–H and O–H groups in total. The Morgan fingerprint density at radius 1 is 1.15 bits per heavy atom. The highest BCUT2D eigenvalue weighted by molar-refractivity contribution is 5.84. The first-order valence-electron chi connectivity index (χ1n) is 11.1. The minimum Gasteiger partial charge on any atom is -0.482 e. The van der Waals surface area contributed by atoms with Crippen molar-refractivity contribution >= 4 is 16.8 Å². The number of hydrogen-bond acceptors (Lipinski definition) is 5. The average molecular weight is 441 g/mol. The number of aromatic nitrogens is 4. The molecule has 1 amide bonds. The summed E-state index contributed by atoms with van der Waals surface area (Å²) >= 11 is 0. The summed E-state index contributed by atoms with van der Waals surface area (Å²) in [5.41, 5.74) is 3.72. The van der Waals surface area contributed by atoms with Crippen LogP contribution in [-0.2, 0) is 11.3 Å². The molecule has 4 aromatic rings. The molecule has 2 aromatic heterocycles. The lowest BCUT2D eigenvalue weighted by atomic mass is 9.96. The number of nitrogens with one attached hydrogen (secondary N) is 1. The Kier molecular flexibility index (Phi) is 5.77. The third kappa shape index (κ3) is 4.44. The number of hydrogen-bond donors (Lipinski definition) is 1. The van der Waals surface area contributed by atoms with Crippen molar-refractivity contribution in [3.8, 4) is 22.9 Å². The Balaban J connectivity index is 1.16. The van der Waals surface area contributed by atoms with Crippen LogP contribution < -0.4 is 4.74 Å². The van der Waals surface area contributed by atoms with E-state index in [-0.39, 0.29) is 12.5 Å². The normalized spacial score (nSPS) is 14.3. The molecule has 0 spiro atoms. The maximum atomic E-state index is 12.6. The molecular weight excluding hydrogens is 416 g/mol. The standard InChI is InChI=1S/C25H24N6O2/c26-12-20-3-1-2-4-24(20)33-17-25(32)30-9-7-18(8-10-30)16-31-23-6-5-19(11-21(23)15-29-31)22-13-27-28-14-22/h1-6,11,13-15,18H,7-10,16-17H2,(H,27,28). The topological polar surface area (TPSA) is 99.8 Å². The first-order chi connectivity index (χ1) is 16.2. The first kappa shape index (κ1) is 20.8. The minimum atomic E-state index is -0.0495. The highest BCUT2D eigenvalue weighted by Crippen LogP contribution is 2.26. The van der Waals surface area contributed by atoms with Gasteiger partial charge in [0.1, 0.15) is 11.8 Å². The number of aromatic amines is 1. The van der Waals surface area contributed by atoms with Crippen molar-refractivity contribution in [3.05, 3.63) is 66.6 Å². The van der Waals surface area contributed by atoms with E-state index in [0.717, 1.165) is 41.4 Å². The highest BCUT2D eigenvalue weighted by atomic mass is 16.5. The maximum Gasteiger partial charge on any atom is 0.260 e. The maximum absolute atomic E-state index is 12.6. The van der Waals surface area contributed by atoms with E-state index >= 15 is 0 Å². The van der Waals surface area contributed by atoms with Crippen molar-refractivity contribution in [2.24, 2.45) is 5.92 Å². The molecule has 0 radical (unpaired) electrons. The number of amides is 1. The van der Waals surface area contributed by atoms with Gasteiger partial charge < -0.3 is 9.64 Å². The van der Waals surface area contributed by atoms with Crippen LogP contribution in [0, 0.1) is 17.2 Å². The zero-order valence-corrected chi connectivity index (χ0v) is 18.1. The van der Waals surface area contributed by atoms with Crippen molar-refractivity contribution in [1.29, 1.82) is 5.26 Å². The van der Waals surface area contributed by atoms with Gasteiger partial charge in [0.15, 0.2) is 6.61 Å². The molecule has 2 aromatic carbocycles. The lowest BCUT2D eigenvalue weighted by Crippen LogP contribution is -2.41. The van der Waals surface area contributed by atoms with Crippen LogP contribution in [0.1, 0.15) is 18.4 Å². The number of nitriles is 1. The molecule has 1 aliphatic heterocycles. The van der Waals surface area contributed by atoms with Crippen molar-refractivity contribution in [3.63, 3.8) is 0 Å². The second-order valence-electron chi connectivity index (χ2n) is 8.31. The second kappa shape index (κ2) is 9.17. The van der Waals surface area contributed by atoms with Gasteiger partial charge in [-0.3, -0.25) is 14.6 Å². The largest absolute Gasteiger partial charge is 0.482 e. The van der Waals surface area contributed by atoms with Crippen LogP contribution in [0.4, 0.5) is 0 Å². The fraction of sp³-hybridized carbons (Fsp3) is 0.280. The summed E-state index contributed by atoms with van der Waals surface area (Å²) in [5.74, 6) is 0.869. The zero-order chi connectivity index (χ0) is 22.6. The summed E-state index contributed by atoms with van der Waals surface area (Å²) in [4.78, 5) is 14.4. The Bertz CT molecular complexity index is 1300. The minimum absolute atomic E-state index is 0.0440. The molecule has 0 aliphatic carbocycles. The van der Waals surface area contributed by atoms with Gasteiger partial charge >= 0.3 is 0 Å². The molecule has 33 heavy (non-hydrogen) atoms. The van der Waals surface area contributed by atoms with Gasteiger partial charge in [-0.15, -0.1) is 0 Å². The van der Waals surface area contributed by atoms with Crippen LogP contribution in [0.25, 0.3) is 22.0 Å². The number of nitrogens with zero attached hydrogens (tertiary/aromatic N) is 5. The molecule has 166 valence electrons. The number of rotatable bonds is 6. The number of H-pyrrole nitrogens is 1. The number of carbonyl (C=O) groups is 1. The van der Waals surface area contributed by atoms with Gasteiger partial charge in [-0.1, -0.05) is 18.2 Å². The van der Waals surface area contributed by atoms with Crippen LogP contribution >= 0.6 is 0 Å². The van der Waals surface area contributed by atoms with Crippen LogP contribution in [0.3, 0.4) is 0 Å². The molecule has 5 rings (SSSR count). The van der Waals surface area contributed by atoms with Gasteiger partial charge in [-0.2, -0.15) is 15.5 Å². The lowest BCUT2D eigenvalue weighted by molar-refractivity contribution is -0.134. The fourth-order valence-corrected chi connectivity index (χ4v) is 4.35. The first-order valence-corrected chi connectivity index (χ1v) is 11.1.